The van der Waals surface area contributed by atoms with E-state index in [1.54, 1.807) is 14.2 Å². The molecule has 0 aromatic rings. The molecule has 0 bridgehead atoms. The van der Waals surface area contributed by atoms with Crippen LogP contribution in [0.25, 0.3) is 0 Å². The van der Waals surface area contributed by atoms with Crippen molar-refractivity contribution < 1.29 is 9.31 Å². The van der Waals surface area contributed by atoms with Crippen LogP contribution in [0.4, 0.5) is 0 Å². The molecule has 0 saturated heterocycles. The van der Waals surface area contributed by atoms with Crippen molar-refractivity contribution in [2.24, 2.45) is 5.92 Å². The van der Waals surface area contributed by atoms with E-state index in [9.17, 15) is 0 Å². The van der Waals surface area contributed by atoms with E-state index >= 15 is 0 Å². The molecule has 0 aromatic heterocycles. The summed E-state index contributed by atoms with van der Waals surface area (Å²) >= 11 is 0. The Morgan fingerprint density at radius 3 is 2.30 bits per heavy atom. The molecule has 3 nitrogen and oxygen atoms in total. The molecule has 0 heterocycles. The Bertz CT molecular complexity index is 119. The summed E-state index contributed by atoms with van der Waals surface area (Å²) in [6, 6.07) is 2.10. The van der Waals surface area contributed by atoms with Gasteiger partial charge in [0.1, 0.15) is 0 Å². The third kappa shape index (κ3) is 3.49. The number of rotatable bonds is 4. The monoisotopic (exact) mass is 141 g/mol. The molecule has 1 unspecified atom stereocenters. The van der Waals surface area contributed by atoms with Gasteiger partial charge in [0.05, 0.1) is 6.07 Å². The van der Waals surface area contributed by atoms with E-state index in [0.29, 0.717) is 6.32 Å². The number of nitriles is 1. The lowest BCUT2D eigenvalue weighted by Gasteiger charge is -2.08. The van der Waals surface area contributed by atoms with Crippen molar-refractivity contribution in [2.75, 3.05) is 14.2 Å². The number of nitrogens with zero attached hydrogens (tertiary/aromatic N) is 1. The minimum Gasteiger partial charge on any atom is -0.414 e. The van der Waals surface area contributed by atoms with Crippen LogP contribution in [0.5, 0.6) is 0 Å². The molecule has 4 heteroatoms. The highest BCUT2D eigenvalue weighted by atomic mass is 16.6. The maximum Gasteiger partial charge on any atom is 0.457 e. The van der Waals surface area contributed by atoms with Crippen LogP contribution in [-0.4, -0.2) is 21.3 Å². The molecule has 56 valence electrons. The summed E-state index contributed by atoms with van der Waals surface area (Å²) in [4.78, 5) is 0. The summed E-state index contributed by atoms with van der Waals surface area (Å²) < 4.78 is 9.80. The van der Waals surface area contributed by atoms with Crippen LogP contribution >= 0.6 is 0 Å². The third-order valence-corrected chi connectivity index (χ3v) is 1.29. The highest BCUT2D eigenvalue weighted by Crippen LogP contribution is 2.05. The molecule has 0 amide bonds. The molecule has 0 aliphatic rings. The number of hydrogen-bond acceptors (Lipinski definition) is 3. The zero-order chi connectivity index (χ0) is 7.98. The van der Waals surface area contributed by atoms with Gasteiger partial charge in [-0.15, -0.1) is 0 Å². The third-order valence-electron chi connectivity index (χ3n) is 1.29. The van der Waals surface area contributed by atoms with E-state index in [4.69, 9.17) is 14.6 Å². The standard InChI is InChI=1S/C6H12BNO2/c1-6(5-8)4-7(9-2)10-3/h6H,4H2,1-3H3. The van der Waals surface area contributed by atoms with Gasteiger partial charge in [-0.2, -0.15) is 5.26 Å². The molecule has 0 aliphatic carbocycles. The molecule has 0 spiro atoms. The Hall–Kier alpha value is -0.525. The van der Waals surface area contributed by atoms with Crippen molar-refractivity contribution in [1.29, 1.82) is 5.26 Å². The van der Waals surface area contributed by atoms with E-state index in [1.807, 2.05) is 6.92 Å². The van der Waals surface area contributed by atoms with Crippen molar-refractivity contribution in [3.05, 3.63) is 0 Å². The lowest BCUT2D eigenvalue weighted by Crippen LogP contribution is -2.21. The first-order valence-electron chi connectivity index (χ1n) is 3.19. The van der Waals surface area contributed by atoms with E-state index in [1.165, 1.54) is 0 Å². The maximum absolute atomic E-state index is 8.41. The fourth-order valence-corrected chi connectivity index (χ4v) is 0.630. The van der Waals surface area contributed by atoms with Gasteiger partial charge in [0.15, 0.2) is 0 Å². The van der Waals surface area contributed by atoms with Crippen molar-refractivity contribution in [1.82, 2.24) is 0 Å². The summed E-state index contributed by atoms with van der Waals surface area (Å²) in [5.41, 5.74) is 0. The Labute approximate surface area is 62.1 Å². The molecular weight excluding hydrogens is 129 g/mol. The van der Waals surface area contributed by atoms with Gasteiger partial charge in [-0.1, -0.05) is 0 Å². The maximum atomic E-state index is 8.41. The van der Waals surface area contributed by atoms with Crippen LogP contribution in [0.15, 0.2) is 0 Å². The van der Waals surface area contributed by atoms with Crippen LogP contribution in [0.1, 0.15) is 6.92 Å². The zero-order valence-corrected chi connectivity index (χ0v) is 6.63. The highest BCUT2D eigenvalue weighted by Gasteiger charge is 2.17. The Morgan fingerprint density at radius 1 is 1.50 bits per heavy atom. The number of hydrogen-bond donors (Lipinski definition) is 0. The van der Waals surface area contributed by atoms with Crippen molar-refractivity contribution in [2.45, 2.75) is 13.2 Å². The predicted molar refractivity (Wildman–Crippen MR) is 39.4 cm³/mol. The van der Waals surface area contributed by atoms with Gasteiger partial charge in [-0.05, 0) is 13.2 Å². The molecule has 0 rings (SSSR count). The molecule has 1 atom stereocenters. The summed E-state index contributed by atoms with van der Waals surface area (Å²) in [6.07, 6.45) is 0.628. The largest absolute Gasteiger partial charge is 0.457 e. The molecule has 0 radical (unpaired) electrons. The van der Waals surface area contributed by atoms with E-state index in [0.717, 1.165) is 0 Å². The van der Waals surface area contributed by atoms with Gasteiger partial charge in [-0.25, -0.2) is 0 Å². The van der Waals surface area contributed by atoms with Crippen LogP contribution < -0.4 is 0 Å². The second-order valence-electron chi connectivity index (χ2n) is 2.17. The first-order valence-corrected chi connectivity index (χ1v) is 3.19. The minimum atomic E-state index is -0.241. The predicted octanol–water partition coefficient (Wildman–Crippen LogP) is 0.927. The van der Waals surface area contributed by atoms with Crippen LogP contribution in [0.2, 0.25) is 6.32 Å². The Morgan fingerprint density at radius 2 is 2.00 bits per heavy atom. The summed E-state index contributed by atoms with van der Waals surface area (Å²) in [5, 5.41) is 8.41. The van der Waals surface area contributed by atoms with E-state index in [2.05, 4.69) is 6.07 Å². The summed E-state index contributed by atoms with van der Waals surface area (Å²) in [7, 11) is 2.89. The second kappa shape index (κ2) is 5.27. The first-order chi connectivity index (χ1) is 4.74. The lowest BCUT2D eigenvalue weighted by molar-refractivity contribution is 0.274. The van der Waals surface area contributed by atoms with E-state index in [-0.39, 0.29) is 13.0 Å². The van der Waals surface area contributed by atoms with Gasteiger partial charge >= 0.3 is 7.12 Å². The quantitative estimate of drug-likeness (QED) is 0.546. The molecule has 0 saturated carbocycles. The Kier molecular flexibility index (Phi) is 5.00. The minimum absolute atomic E-state index is 0.00935. The fourth-order valence-electron chi connectivity index (χ4n) is 0.630. The van der Waals surface area contributed by atoms with Gasteiger partial charge in [0.2, 0.25) is 0 Å². The zero-order valence-electron chi connectivity index (χ0n) is 6.63. The van der Waals surface area contributed by atoms with Gasteiger partial charge in [0, 0.05) is 20.1 Å². The summed E-state index contributed by atoms with van der Waals surface area (Å²) in [5.74, 6) is -0.00935. The van der Waals surface area contributed by atoms with Gasteiger partial charge in [0.25, 0.3) is 0 Å². The summed E-state index contributed by atoms with van der Waals surface area (Å²) in [6.45, 7) is 1.84. The molecule has 10 heavy (non-hydrogen) atoms. The second-order valence-corrected chi connectivity index (χ2v) is 2.17. The molecule has 0 aromatic carbocycles. The van der Waals surface area contributed by atoms with Crippen molar-refractivity contribution in [3.63, 3.8) is 0 Å². The SMILES string of the molecule is COB(CC(C)C#N)OC. The van der Waals surface area contributed by atoms with Crippen LogP contribution in [0.3, 0.4) is 0 Å². The first kappa shape index (κ1) is 9.47. The average molecular weight is 141 g/mol. The van der Waals surface area contributed by atoms with E-state index < -0.39 is 0 Å². The molecule has 0 aliphatic heterocycles. The van der Waals surface area contributed by atoms with Crippen LogP contribution in [0, 0.1) is 17.2 Å². The van der Waals surface area contributed by atoms with Crippen LogP contribution in [-0.2, 0) is 9.31 Å². The lowest BCUT2D eigenvalue weighted by atomic mass is 9.78. The average Bonchev–Trinajstić information content (AvgIpc) is 1.99. The smallest absolute Gasteiger partial charge is 0.414 e. The highest BCUT2D eigenvalue weighted by molar-refractivity contribution is 6.44. The van der Waals surface area contributed by atoms with Gasteiger partial charge in [-0.3, -0.25) is 0 Å². The molecule has 0 fully saturated rings. The van der Waals surface area contributed by atoms with Crippen molar-refractivity contribution in [3.8, 4) is 6.07 Å². The topological polar surface area (TPSA) is 42.2 Å². The molecular formula is C6H12BNO2. The van der Waals surface area contributed by atoms with Gasteiger partial charge < -0.3 is 9.31 Å². The fraction of sp³-hybridized carbons (Fsp3) is 0.833. The normalized spacial score (nSPS) is 12.2. The van der Waals surface area contributed by atoms with Crippen molar-refractivity contribution >= 4 is 7.12 Å². The Balaban J connectivity index is 3.54. The molecule has 0 N–H and O–H groups in total.